The first kappa shape index (κ1) is 25.4. The number of aromatic nitrogens is 5. The second-order valence-corrected chi connectivity index (χ2v) is 9.85. The predicted molar refractivity (Wildman–Crippen MR) is 154 cm³/mol. The van der Waals surface area contributed by atoms with Gasteiger partial charge in [0.05, 0.1) is 32.1 Å². The van der Waals surface area contributed by atoms with Crippen molar-refractivity contribution in [3.63, 3.8) is 0 Å². The van der Waals surface area contributed by atoms with Crippen LogP contribution >= 0.6 is 11.8 Å². The van der Waals surface area contributed by atoms with Crippen LogP contribution in [-0.4, -0.2) is 38.9 Å². The Bertz CT molecular complexity index is 1830. The number of rotatable bonds is 9. The van der Waals surface area contributed by atoms with E-state index < -0.39 is 0 Å². The fourth-order valence-corrected chi connectivity index (χ4v) is 5.37. The number of ether oxygens (including phenoxy) is 2. The summed E-state index contributed by atoms with van der Waals surface area (Å²) in [7, 11) is 3.14. The van der Waals surface area contributed by atoms with Gasteiger partial charge in [-0.1, -0.05) is 83.6 Å². The molecule has 0 spiro atoms. The number of nitrogens with zero attached hydrogens (tertiary/aromatic N) is 4. The first-order valence-corrected chi connectivity index (χ1v) is 13.5. The normalized spacial score (nSPS) is 11.2. The Balaban J connectivity index is 1.37. The molecule has 3 aromatic heterocycles. The van der Waals surface area contributed by atoms with Crippen molar-refractivity contribution in [2.75, 3.05) is 14.2 Å². The van der Waals surface area contributed by atoms with Crippen molar-refractivity contribution in [1.82, 2.24) is 24.7 Å². The lowest BCUT2D eigenvalue weighted by Crippen LogP contribution is -2.24. The Labute approximate surface area is 233 Å². The average molecular weight is 552 g/mol. The fraction of sp³-hybridized carbons (Fsp3) is 0.133. The Morgan fingerprint density at radius 1 is 0.900 bits per heavy atom. The van der Waals surface area contributed by atoms with E-state index in [1.807, 2.05) is 79.0 Å². The van der Waals surface area contributed by atoms with Gasteiger partial charge >= 0.3 is 0 Å². The van der Waals surface area contributed by atoms with Crippen LogP contribution < -0.4 is 15.0 Å². The van der Waals surface area contributed by atoms with Crippen molar-refractivity contribution in [3.8, 4) is 34.0 Å². The molecule has 0 amide bonds. The monoisotopic (exact) mass is 551 g/mol. The minimum absolute atomic E-state index is 0.147. The van der Waals surface area contributed by atoms with Gasteiger partial charge in [-0.2, -0.15) is 4.98 Å². The van der Waals surface area contributed by atoms with Crippen LogP contribution in [0.5, 0.6) is 11.5 Å². The van der Waals surface area contributed by atoms with Gasteiger partial charge in [0.15, 0.2) is 16.7 Å². The first-order valence-electron chi connectivity index (χ1n) is 12.5. The van der Waals surface area contributed by atoms with E-state index >= 15 is 0 Å². The van der Waals surface area contributed by atoms with Crippen molar-refractivity contribution in [1.29, 1.82) is 0 Å². The number of para-hydroxylation sites is 1. The minimum atomic E-state index is -0.147. The van der Waals surface area contributed by atoms with Gasteiger partial charge in [0.25, 0.3) is 5.56 Å². The molecule has 0 bridgehead atoms. The summed E-state index contributed by atoms with van der Waals surface area (Å²) < 4.78 is 18.2. The standard InChI is InChI=1S/C30H25N5O4S/c1-37-23-15-9-14-21(27(23)38-2)28-32-24(39-34-28)18-40-30-33-25-22(20-12-7-4-8-13-20)16-31-26(25)29(36)35(30)17-19-10-5-3-6-11-19/h3-16,31H,17-18H2,1-2H3. The summed E-state index contributed by atoms with van der Waals surface area (Å²) in [6.45, 7) is 0.376. The lowest BCUT2D eigenvalue weighted by molar-refractivity contribution is 0.355. The third kappa shape index (κ3) is 4.85. The maximum absolute atomic E-state index is 13.7. The highest BCUT2D eigenvalue weighted by atomic mass is 32.2. The number of methoxy groups -OCH3 is 2. The third-order valence-electron chi connectivity index (χ3n) is 6.46. The van der Waals surface area contributed by atoms with E-state index in [1.54, 1.807) is 24.9 Å². The van der Waals surface area contributed by atoms with Crippen molar-refractivity contribution in [2.24, 2.45) is 0 Å². The van der Waals surface area contributed by atoms with Crippen LogP contribution in [0.4, 0.5) is 0 Å². The van der Waals surface area contributed by atoms with E-state index in [1.165, 1.54) is 11.8 Å². The molecule has 6 aromatic rings. The Hall–Kier alpha value is -4.83. The quantitative estimate of drug-likeness (QED) is 0.177. The Morgan fingerprint density at radius 2 is 1.68 bits per heavy atom. The predicted octanol–water partition coefficient (Wildman–Crippen LogP) is 5.80. The number of hydrogen-bond donors (Lipinski definition) is 1. The number of H-pyrrole nitrogens is 1. The van der Waals surface area contributed by atoms with Crippen molar-refractivity contribution >= 4 is 22.8 Å². The summed E-state index contributed by atoms with van der Waals surface area (Å²) >= 11 is 1.37. The van der Waals surface area contributed by atoms with Gasteiger partial charge in [-0.05, 0) is 23.3 Å². The van der Waals surface area contributed by atoms with Crippen LogP contribution in [0.3, 0.4) is 0 Å². The van der Waals surface area contributed by atoms with Crippen LogP contribution in [0.15, 0.2) is 99.5 Å². The maximum atomic E-state index is 13.7. The molecule has 0 atom stereocenters. The number of fused-ring (bicyclic) bond motifs is 1. The number of nitrogens with one attached hydrogen (secondary N) is 1. The smallest absolute Gasteiger partial charge is 0.278 e. The van der Waals surface area contributed by atoms with Crippen molar-refractivity contribution in [3.05, 3.63) is 107 Å². The molecule has 0 fully saturated rings. The van der Waals surface area contributed by atoms with Crippen LogP contribution in [0, 0.1) is 0 Å². The molecule has 9 nitrogen and oxygen atoms in total. The van der Waals surface area contributed by atoms with Gasteiger partial charge < -0.3 is 19.0 Å². The van der Waals surface area contributed by atoms with E-state index in [0.717, 1.165) is 16.7 Å². The summed E-state index contributed by atoms with van der Waals surface area (Å²) in [4.78, 5) is 26.4. The average Bonchev–Trinajstić information content (AvgIpc) is 3.66. The van der Waals surface area contributed by atoms with Crippen LogP contribution in [0.25, 0.3) is 33.5 Å². The summed E-state index contributed by atoms with van der Waals surface area (Å²) in [6.07, 6.45) is 1.83. The molecule has 0 unspecified atom stereocenters. The highest BCUT2D eigenvalue weighted by Crippen LogP contribution is 2.37. The molecule has 3 heterocycles. The zero-order valence-corrected chi connectivity index (χ0v) is 22.6. The highest BCUT2D eigenvalue weighted by Gasteiger charge is 2.20. The number of aromatic amines is 1. The van der Waals surface area contributed by atoms with Crippen LogP contribution in [-0.2, 0) is 12.3 Å². The molecule has 1 N–H and O–H groups in total. The van der Waals surface area contributed by atoms with Gasteiger partial charge in [-0.15, -0.1) is 0 Å². The molecule has 6 rings (SSSR count). The summed E-state index contributed by atoms with van der Waals surface area (Å²) in [5.74, 6) is 2.19. The fourth-order valence-electron chi connectivity index (χ4n) is 4.54. The Kier molecular flexibility index (Phi) is 7.07. The van der Waals surface area contributed by atoms with Gasteiger partial charge in [-0.25, -0.2) is 4.98 Å². The molecule has 0 radical (unpaired) electrons. The first-order chi connectivity index (χ1) is 19.7. The molecule has 0 saturated heterocycles. The van der Waals surface area contributed by atoms with Gasteiger partial charge in [0, 0.05) is 11.8 Å². The summed E-state index contributed by atoms with van der Waals surface area (Å²) in [5, 5.41) is 4.71. The number of thioether (sulfide) groups is 1. The molecule has 3 aromatic carbocycles. The third-order valence-corrected chi connectivity index (χ3v) is 7.42. The van der Waals surface area contributed by atoms with E-state index in [4.69, 9.17) is 19.0 Å². The van der Waals surface area contributed by atoms with Crippen molar-refractivity contribution in [2.45, 2.75) is 17.5 Å². The number of hydrogen-bond acceptors (Lipinski definition) is 8. The zero-order valence-electron chi connectivity index (χ0n) is 21.8. The SMILES string of the molecule is COc1cccc(-c2noc(CSc3nc4c(-c5ccccc5)c[nH]c4c(=O)n3Cc3ccccc3)n2)c1OC. The van der Waals surface area contributed by atoms with Gasteiger partial charge in [0.2, 0.25) is 11.7 Å². The molecular weight excluding hydrogens is 526 g/mol. The van der Waals surface area contributed by atoms with E-state index in [2.05, 4.69) is 15.1 Å². The maximum Gasteiger partial charge on any atom is 0.278 e. The second-order valence-electron chi connectivity index (χ2n) is 8.90. The highest BCUT2D eigenvalue weighted by molar-refractivity contribution is 7.98. The minimum Gasteiger partial charge on any atom is -0.493 e. The number of benzene rings is 3. The topological polar surface area (TPSA) is 108 Å². The van der Waals surface area contributed by atoms with Crippen LogP contribution in [0.2, 0.25) is 0 Å². The van der Waals surface area contributed by atoms with Crippen molar-refractivity contribution < 1.29 is 14.0 Å². The molecule has 0 saturated carbocycles. The molecule has 10 heteroatoms. The lowest BCUT2D eigenvalue weighted by Gasteiger charge is -2.12. The van der Waals surface area contributed by atoms with E-state index in [9.17, 15) is 4.79 Å². The molecule has 0 aliphatic rings. The Morgan fingerprint density at radius 3 is 2.42 bits per heavy atom. The van der Waals surface area contributed by atoms with Gasteiger partial charge in [-0.3, -0.25) is 9.36 Å². The molecule has 0 aliphatic carbocycles. The molecule has 40 heavy (non-hydrogen) atoms. The summed E-state index contributed by atoms with van der Waals surface area (Å²) in [6, 6.07) is 25.2. The molecule has 200 valence electrons. The molecular formula is C30H25N5O4S. The van der Waals surface area contributed by atoms with E-state index in [0.29, 0.717) is 57.3 Å². The largest absolute Gasteiger partial charge is 0.493 e. The van der Waals surface area contributed by atoms with Gasteiger partial charge in [0.1, 0.15) is 11.0 Å². The van der Waals surface area contributed by atoms with Crippen LogP contribution in [0.1, 0.15) is 11.5 Å². The molecule has 0 aliphatic heterocycles. The second kappa shape index (κ2) is 11.1. The summed E-state index contributed by atoms with van der Waals surface area (Å²) in [5.41, 5.74) is 4.43. The zero-order chi connectivity index (χ0) is 27.5. The van der Waals surface area contributed by atoms with E-state index in [-0.39, 0.29) is 5.56 Å². The lowest BCUT2D eigenvalue weighted by atomic mass is 10.1.